The highest BCUT2D eigenvalue weighted by atomic mass is 16.5. The molecular formula is C23H25NO2. The van der Waals surface area contributed by atoms with Crippen LogP contribution in [-0.2, 0) is 9.53 Å². The average Bonchev–Trinajstić information content (AvgIpc) is 2.70. The van der Waals surface area contributed by atoms with Crippen molar-refractivity contribution in [2.24, 2.45) is 11.3 Å². The number of rotatable bonds is 5. The molecule has 0 bridgehead atoms. The molecule has 0 aromatic heterocycles. The first kappa shape index (κ1) is 18.2. The van der Waals surface area contributed by atoms with Crippen LogP contribution < -0.4 is 0 Å². The Bertz CT molecular complexity index is 726. The number of nitrogens with zero attached hydrogens (tertiary/aromatic N) is 1. The first-order valence-electron chi connectivity index (χ1n) is 9.41. The molecule has 1 saturated carbocycles. The van der Waals surface area contributed by atoms with Gasteiger partial charge in [0.1, 0.15) is 0 Å². The lowest BCUT2D eigenvalue weighted by Gasteiger charge is -2.41. The van der Waals surface area contributed by atoms with Gasteiger partial charge in [-0.1, -0.05) is 73.5 Å². The van der Waals surface area contributed by atoms with Gasteiger partial charge < -0.3 is 4.74 Å². The zero-order chi connectivity index (χ0) is 18.4. The summed E-state index contributed by atoms with van der Waals surface area (Å²) in [6.45, 7) is 2.10. The SMILES string of the molecule is CCOC(=O)C1(C#N)CCCCC1C(c1ccccc1)c1ccccc1. The average molecular weight is 347 g/mol. The van der Waals surface area contributed by atoms with Crippen LogP contribution in [0.1, 0.15) is 49.7 Å². The Morgan fingerprint density at radius 2 is 1.69 bits per heavy atom. The summed E-state index contributed by atoms with van der Waals surface area (Å²) in [5.74, 6) is -0.448. The minimum absolute atomic E-state index is 0.00163. The zero-order valence-corrected chi connectivity index (χ0v) is 15.2. The maximum absolute atomic E-state index is 12.9. The number of carbonyl (C=O) groups is 1. The van der Waals surface area contributed by atoms with Gasteiger partial charge in [-0.3, -0.25) is 4.79 Å². The number of nitriles is 1. The predicted molar refractivity (Wildman–Crippen MR) is 101 cm³/mol. The summed E-state index contributed by atoms with van der Waals surface area (Å²) < 4.78 is 5.37. The molecule has 0 radical (unpaired) electrons. The lowest BCUT2D eigenvalue weighted by Crippen LogP contribution is -2.44. The fourth-order valence-corrected chi connectivity index (χ4v) is 4.33. The van der Waals surface area contributed by atoms with E-state index in [1.165, 1.54) is 0 Å². The van der Waals surface area contributed by atoms with Gasteiger partial charge >= 0.3 is 5.97 Å². The maximum Gasteiger partial charge on any atom is 0.326 e. The number of ether oxygens (including phenoxy) is 1. The van der Waals surface area contributed by atoms with Crippen LogP contribution in [0.3, 0.4) is 0 Å². The molecule has 2 aromatic carbocycles. The van der Waals surface area contributed by atoms with Crippen molar-refractivity contribution in [3.8, 4) is 6.07 Å². The van der Waals surface area contributed by atoms with Crippen molar-refractivity contribution in [2.45, 2.75) is 38.5 Å². The van der Waals surface area contributed by atoms with Gasteiger partial charge in [0.05, 0.1) is 12.7 Å². The van der Waals surface area contributed by atoms with Crippen LogP contribution in [0, 0.1) is 22.7 Å². The standard InChI is InChI=1S/C23H25NO2/c1-2-26-22(25)23(17-24)16-10-9-15-20(23)21(18-11-5-3-6-12-18)19-13-7-4-8-14-19/h3-8,11-14,20-21H,2,9-10,15-16H2,1H3. The molecule has 2 aromatic rings. The molecule has 0 amide bonds. The molecule has 0 heterocycles. The second-order valence-corrected chi connectivity index (χ2v) is 6.95. The van der Waals surface area contributed by atoms with Gasteiger partial charge in [0, 0.05) is 5.92 Å². The van der Waals surface area contributed by atoms with Gasteiger partial charge in [-0.15, -0.1) is 0 Å². The third-order valence-corrected chi connectivity index (χ3v) is 5.53. The summed E-state index contributed by atoms with van der Waals surface area (Å²) in [5, 5.41) is 10.1. The van der Waals surface area contributed by atoms with Crippen LogP contribution in [0.15, 0.2) is 60.7 Å². The van der Waals surface area contributed by atoms with Gasteiger partial charge in [0.2, 0.25) is 0 Å². The van der Waals surface area contributed by atoms with E-state index in [0.717, 1.165) is 30.4 Å². The van der Waals surface area contributed by atoms with E-state index in [2.05, 4.69) is 30.3 Å². The summed E-state index contributed by atoms with van der Waals surface area (Å²) in [6.07, 6.45) is 3.34. The lowest BCUT2D eigenvalue weighted by atomic mass is 9.59. The van der Waals surface area contributed by atoms with E-state index in [9.17, 15) is 10.1 Å². The molecule has 0 N–H and O–H groups in total. The van der Waals surface area contributed by atoms with E-state index >= 15 is 0 Å². The minimum atomic E-state index is -1.08. The van der Waals surface area contributed by atoms with Gasteiger partial charge in [0.25, 0.3) is 0 Å². The largest absolute Gasteiger partial charge is 0.465 e. The molecule has 3 nitrogen and oxygen atoms in total. The number of esters is 1. The molecule has 0 aliphatic heterocycles. The number of hydrogen-bond acceptors (Lipinski definition) is 3. The summed E-state index contributed by atoms with van der Waals surface area (Å²) in [4.78, 5) is 12.9. The topological polar surface area (TPSA) is 50.1 Å². The van der Waals surface area contributed by atoms with Crippen LogP contribution in [0.25, 0.3) is 0 Å². The number of carbonyl (C=O) groups excluding carboxylic acids is 1. The van der Waals surface area contributed by atoms with E-state index in [4.69, 9.17) is 4.74 Å². The van der Waals surface area contributed by atoms with E-state index in [1.54, 1.807) is 6.92 Å². The van der Waals surface area contributed by atoms with Gasteiger partial charge in [0.15, 0.2) is 5.41 Å². The second-order valence-electron chi connectivity index (χ2n) is 6.95. The van der Waals surface area contributed by atoms with Crippen molar-refractivity contribution < 1.29 is 9.53 Å². The van der Waals surface area contributed by atoms with Gasteiger partial charge in [-0.2, -0.15) is 5.26 Å². The molecule has 134 valence electrons. The Morgan fingerprint density at radius 3 is 2.19 bits per heavy atom. The van der Waals surface area contributed by atoms with Crippen molar-refractivity contribution in [3.63, 3.8) is 0 Å². The summed E-state index contributed by atoms with van der Waals surface area (Å²) in [7, 11) is 0. The van der Waals surface area contributed by atoms with Crippen molar-refractivity contribution in [1.82, 2.24) is 0 Å². The molecule has 3 rings (SSSR count). The molecule has 3 heteroatoms. The van der Waals surface area contributed by atoms with Gasteiger partial charge in [-0.25, -0.2) is 0 Å². The summed E-state index contributed by atoms with van der Waals surface area (Å²) in [5.41, 5.74) is 1.22. The maximum atomic E-state index is 12.9. The van der Waals surface area contributed by atoms with Crippen molar-refractivity contribution in [3.05, 3.63) is 71.8 Å². The molecule has 0 saturated heterocycles. The molecule has 2 atom stereocenters. The molecule has 0 spiro atoms. The third kappa shape index (κ3) is 3.37. The Labute approximate surface area is 155 Å². The van der Waals surface area contributed by atoms with Crippen LogP contribution in [0.4, 0.5) is 0 Å². The van der Waals surface area contributed by atoms with Crippen LogP contribution in [0.5, 0.6) is 0 Å². The molecule has 1 aliphatic carbocycles. The van der Waals surface area contributed by atoms with Crippen molar-refractivity contribution in [1.29, 1.82) is 5.26 Å². The van der Waals surface area contributed by atoms with E-state index in [1.807, 2.05) is 36.4 Å². The monoisotopic (exact) mass is 347 g/mol. The first-order chi connectivity index (χ1) is 12.7. The normalized spacial score (nSPS) is 22.6. The fourth-order valence-electron chi connectivity index (χ4n) is 4.33. The Kier molecular flexibility index (Phi) is 5.73. The summed E-state index contributed by atoms with van der Waals surface area (Å²) >= 11 is 0. The quantitative estimate of drug-likeness (QED) is 0.709. The fraction of sp³-hybridized carbons (Fsp3) is 0.391. The van der Waals surface area contributed by atoms with Crippen molar-refractivity contribution in [2.75, 3.05) is 6.61 Å². The Hall–Kier alpha value is -2.60. The highest BCUT2D eigenvalue weighted by Gasteiger charge is 2.52. The summed E-state index contributed by atoms with van der Waals surface area (Å²) in [6, 6.07) is 22.9. The van der Waals surface area contributed by atoms with Crippen LogP contribution in [0.2, 0.25) is 0 Å². The van der Waals surface area contributed by atoms with Crippen LogP contribution in [-0.4, -0.2) is 12.6 Å². The minimum Gasteiger partial charge on any atom is -0.465 e. The van der Waals surface area contributed by atoms with E-state index in [0.29, 0.717) is 13.0 Å². The van der Waals surface area contributed by atoms with E-state index < -0.39 is 5.41 Å². The highest BCUT2D eigenvalue weighted by Crippen LogP contribution is 2.51. The predicted octanol–water partition coefficient (Wildman–Crippen LogP) is 5.08. The molecule has 1 aliphatic rings. The van der Waals surface area contributed by atoms with E-state index in [-0.39, 0.29) is 17.8 Å². The zero-order valence-electron chi connectivity index (χ0n) is 15.2. The second kappa shape index (κ2) is 8.19. The Balaban J connectivity index is 2.12. The molecular weight excluding hydrogens is 322 g/mol. The lowest BCUT2D eigenvalue weighted by molar-refractivity contribution is -0.157. The smallest absolute Gasteiger partial charge is 0.326 e. The number of benzene rings is 2. The Morgan fingerprint density at radius 1 is 1.12 bits per heavy atom. The van der Waals surface area contributed by atoms with Crippen molar-refractivity contribution >= 4 is 5.97 Å². The molecule has 26 heavy (non-hydrogen) atoms. The highest BCUT2D eigenvalue weighted by molar-refractivity contribution is 5.81. The van der Waals surface area contributed by atoms with Gasteiger partial charge in [-0.05, 0) is 36.8 Å². The third-order valence-electron chi connectivity index (χ3n) is 5.53. The first-order valence-corrected chi connectivity index (χ1v) is 9.41. The molecule has 2 unspecified atom stereocenters. The number of hydrogen-bond donors (Lipinski definition) is 0. The molecule has 1 fully saturated rings. The van der Waals surface area contributed by atoms with Crippen LogP contribution >= 0.6 is 0 Å².